The van der Waals surface area contributed by atoms with Crippen LogP contribution in [-0.4, -0.2) is 26.0 Å². The first-order valence-electron chi connectivity index (χ1n) is 5.12. The van der Waals surface area contributed by atoms with Crippen LogP contribution in [-0.2, 0) is 0 Å². The minimum absolute atomic E-state index is 0.0387. The number of anilines is 1. The Hall–Kier alpha value is -2.48. The first kappa shape index (κ1) is 13.0. The highest BCUT2D eigenvalue weighted by Crippen LogP contribution is 2.28. The summed E-state index contributed by atoms with van der Waals surface area (Å²) in [4.78, 5) is 26.0. The molecule has 8 nitrogen and oxygen atoms in total. The van der Waals surface area contributed by atoms with Crippen LogP contribution in [0.15, 0.2) is 18.2 Å². The van der Waals surface area contributed by atoms with Gasteiger partial charge < -0.3 is 0 Å². The third-order valence-corrected chi connectivity index (χ3v) is 2.54. The molecule has 0 atom stereocenters. The fourth-order valence-electron chi connectivity index (χ4n) is 1.45. The number of nitrogens with zero attached hydrogens (tertiary/aromatic N) is 3. The summed E-state index contributed by atoms with van der Waals surface area (Å²) in [5, 5.41) is 19.4. The van der Waals surface area contributed by atoms with Crippen molar-refractivity contribution in [3.05, 3.63) is 44.7 Å². The largest absolute Gasteiger partial charge is 0.300 e. The van der Waals surface area contributed by atoms with Gasteiger partial charge in [-0.25, -0.2) is 0 Å². The predicted octanol–water partition coefficient (Wildman–Crippen LogP) is 1.93. The van der Waals surface area contributed by atoms with Crippen LogP contribution in [0.5, 0.6) is 0 Å². The molecule has 2 aromatic rings. The van der Waals surface area contributed by atoms with Gasteiger partial charge in [0.25, 0.3) is 5.91 Å². The minimum Gasteiger partial charge on any atom is -0.289 e. The Kier molecular flexibility index (Phi) is 3.43. The molecule has 0 unspecified atom stereocenters. The molecule has 0 saturated heterocycles. The summed E-state index contributed by atoms with van der Waals surface area (Å²) in [7, 11) is 0. The van der Waals surface area contributed by atoms with E-state index in [0.717, 1.165) is 0 Å². The molecule has 0 aliphatic heterocycles. The van der Waals surface area contributed by atoms with E-state index in [-0.39, 0.29) is 16.5 Å². The van der Waals surface area contributed by atoms with E-state index >= 15 is 0 Å². The number of benzene rings is 1. The van der Waals surface area contributed by atoms with Crippen LogP contribution in [0.3, 0.4) is 0 Å². The van der Waals surface area contributed by atoms with Gasteiger partial charge in [-0.15, -0.1) is 5.10 Å². The van der Waals surface area contributed by atoms with E-state index in [4.69, 9.17) is 11.6 Å². The van der Waals surface area contributed by atoms with Gasteiger partial charge in [0.2, 0.25) is 5.95 Å². The van der Waals surface area contributed by atoms with Crippen LogP contribution in [0.2, 0.25) is 5.02 Å². The number of H-pyrrole nitrogens is 1. The maximum Gasteiger partial charge on any atom is 0.300 e. The molecular weight excluding hydrogens is 274 g/mol. The van der Waals surface area contributed by atoms with Crippen molar-refractivity contribution in [3.63, 3.8) is 0 Å². The van der Waals surface area contributed by atoms with Crippen LogP contribution in [0.4, 0.5) is 11.6 Å². The SMILES string of the molecule is Cc1nc(NC(=O)c2cccc(Cl)c2[N+](=O)[O-])n[nH]1. The molecular formula is C10H8ClN5O3. The lowest BCUT2D eigenvalue weighted by Gasteiger charge is -2.03. The number of hydrogen-bond acceptors (Lipinski definition) is 5. The summed E-state index contributed by atoms with van der Waals surface area (Å²) in [5.74, 6) is -0.152. The van der Waals surface area contributed by atoms with Crippen molar-refractivity contribution >= 4 is 29.1 Å². The fourth-order valence-corrected chi connectivity index (χ4v) is 1.70. The smallest absolute Gasteiger partial charge is 0.289 e. The van der Waals surface area contributed by atoms with Crippen LogP contribution in [0, 0.1) is 17.0 Å². The molecule has 0 bridgehead atoms. The first-order valence-corrected chi connectivity index (χ1v) is 5.50. The van der Waals surface area contributed by atoms with E-state index in [9.17, 15) is 14.9 Å². The molecule has 1 amide bonds. The Morgan fingerprint density at radius 3 is 2.84 bits per heavy atom. The molecule has 1 aromatic heterocycles. The molecule has 2 N–H and O–H groups in total. The Labute approximate surface area is 112 Å². The first-order chi connectivity index (χ1) is 8.99. The lowest BCUT2D eigenvalue weighted by molar-refractivity contribution is -0.385. The number of aromatic nitrogens is 3. The van der Waals surface area contributed by atoms with Gasteiger partial charge in [0, 0.05) is 0 Å². The van der Waals surface area contributed by atoms with Crippen LogP contribution < -0.4 is 5.32 Å². The summed E-state index contributed by atoms with van der Waals surface area (Å²) in [6, 6.07) is 4.10. The number of nitrogens with one attached hydrogen (secondary N) is 2. The zero-order chi connectivity index (χ0) is 14.0. The number of carbonyl (C=O) groups excluding carboxylic acids is 1. The highest BCUT2D eigenvalue weighted by atomic mass is 35.5. The lowest BCUT2D eigenvalue weighted by atomic mass is 10.1. The topological polar surface area (TPSA) is 114 Å². The fraction of sp³-hybridized carbons (Fsp3) is 0.100. The van der Waals surface area contributed by atoms with Crippen LogP contribution in [0.1, 0.15) is 16.2 Å². The predicted molar refractivity (Wildman–Crippen MR) is 67.2 cm³/mol. The van der Waals surface area contributed by atoms with Crippen LogP contribution >= 0.6 is 11.6 Å². The molecule has 9 heteroatoms. The van der Waals surface area contributed by atoms with E-state index in [0.29, 0.717) is 5.82 Å². The maximum atomic E-state index is 11.9. The Balaban J connectivity index is 2.34. The molecule has 0 fully saturated rings. The molecule has 19 heavy (non-hydrogen) atoms. The minimum atomic E-state index is -0.708. The summed E-state index contributed by atoms with van der Waals surface area (Å²) >= 11 is 5.72. The number of aromatic amines is 1. The van der Waals surface area contributed by atoms with Crippen molar-refractivity contribution in [1.82, 2.24) is 15.2 Å². The number of aryl methyl sites for hydroxylation is 1. The third-order valence-electron chi connectivity index (χ3n) is 2.24. The van der Waals surface area contributed by atoms with E-state index in [1.165, 1.54) is 18.2 Å². The van der Waals surface area contributed by atoms with Gasteiger partial charge in [0.05, 0.1) is 4.92 Å². The van der Waals surface area contributed by atoms with Crippen molar-refractivity contribution < 1.29 is 9.72 Å². The molecule has 0 saturated carbocycles. The van der Waals surface area contributed by atoms with Gasteiger partial charge >= 0.3 is 5.69 Å². The molecule has 2 rings (SSSR count). The number of para-hydroxylation sites is 1. The highest BCUT2D eigenvalue weighted by Gasteiger charge is 2.24. The average molecular weight is 282 g/mol. The van der Waals surface area contributed by atoms with Crippen molar-refractivity contribution in [2.24, 2.45) is 0 Å². The zero-order valence-corrected chi connectivity index (χ0v) is 10.4. The molecule has 0 radical (unpaired) electrons. The molecule has 98 valence electrons. The lowest BCUT2D eigenvalue weighted by Crippen LogP contribution is -2.15. The number of hydrogen-bond donors (Lipinski definition) is 2. The van der Waals surface area contributed by atoms with Crippen molar-refractivity contribution in [2.45, 2.75) is 6.92 Å². The van der Waals surface area contributed by atoms with Gasteiger partial charge in [-0.05, 0) is 19.1 Å². The van der Waals surface area contributed by atoms with Gasteiger partial charge in [-0.1, -0.05) is 17.7 Å². The Bertz CT molecular complexity index is 654. The summed E-state index contributed by atoms with van der Waals surface area (Å²) < 4.78 is 0. The quantitative estimate of drug-likeness (QED) is 0.659. The summed E-state index contributed by atoms with van der Waals surface area (Å²) in [5.41, 5.74) is -0.603. The molecule has 0 aliphatic rings. The molecule has 0 spiro atoms. The van der Waals surface area contributed by atoms with Gasteiger partial charge in [-0.3, -0.25) is 25.3 Å². The van der Waals surface area contributed by atoms with Gasteiger partial charge in [0.1, 0.15) is 16.4 Å². The van der Waals surface area contributed by atoms with Crippen LogP contribution in [0.25, 0.3) is 0 Å². The molecule has 1 aromatic carbocycles. The van der Waals surface area contributed by atoms with Gasteiger partial charge in [-0.2, -0.15) is 4.98 Å². The second-order valence-electron chi connectivity index (χ2n) is 3.59. The third kappa shape index (κ3) is 2.68. The standard InChI is InChI=1S/C10H8ClN5O3/c1-5-12-10(15-14-5)13-9(17)6-3-2-4-7(11)8(6)16(18)19/h2-4H,1H3,(H2,12,13,14,15,17). The molecule has 0 aliphatic carbocycles. The number of nitro groups is 1. The summed E-state index contributed by atoms with van der Waals surface area (Å²) in [6.07, 6.45) is 0. The Morgan fingerprint density at radius 1 is 1.53 bits per heavy atom. The second-order valence-corrected chi connectivity index (χ2v) is 4.00. The van der Waals surface area contributed by atoms with E-state index in [2.05, 4.69) is 20.5 Å². The monoisotopic (exact) mass is 281 g/mol. The number of nitro benzene ring substituents is 1. The number of amides is 1. The van der Waals surface area contributed by atoms with Gasteiger partial charge in [0.15, 0.2) is 0 Å². The normalized spacial score (nSPS) is 10.2. The van der Waals surface area contributed by atoms with Crippen molar-refractivity contribution in [3.8, 4) is 0 Å². The summed E-state index contributed by atoms with van der Waals surface area (Å²) in [6.45, 7) is 1.66. The highest BCUT2D eigenvalue weighted by molar-refractivity contribution is 6.33. The number of carbonyl (C=O) groups is 1. The van der Waals surface area contributed by atoms with E-state index < -0.39 is 16.5 Å². The van der Waals surface area contributed by atoms with Crippen molar-refractivity contribution in [2.75, 3.05) is 5.32 Å². The van der Waals surface area contributed by atoms with E-state index in [1.54, 1.807) is 6.92 Å². The average Bonchev–Trinajstić information content (AvgIpc) is 2.73. The zero-order valence-electron chi connectivity index (χ0n) is 9.68. The van der Waals surface area contributed by atoms with Crippen molar-refractivity contribution in [1.29, 1.82) is 0 Å². The number of rotatable bonds is 3. The maximum absolute atomic E-state index is 11.9. The Morgan fingerprint density at radius 2 is 2.26 bits per heavy atom. The number of halogens is 1. The molecule has 1 heterocycles. The van der Waals surface area contributed by atoms with E-state index in [1.807, 2.05) is 0 Å². The second kappa shape index (κ2) is 5.02.